The molecule has 0 aliphatic heterocycles. The highest BCUT2D eigenvalue weighted by Gasteiger charge is 2.34. The van der Waals surface area contributed by atoms with Gasteiger partial charge in [-0.3, -0.25) is 0 Å². The molecule has 3 nitrogen and oxygen atoms in total. The predicted octanol–water partition coefficient (Wildman–Crippen LogP) is 10.6. The van der Waals surface area contributed by atoms with E-state index in [9.17, 15) is 9.90 Å². The molecule has 1 rings (SSSR count). The number of hydrogen-bond donors (Lipinski definition) is 2. The van der Waals surface area contributed by atoms with Gasteiger partial charge in [-0.15, -0.1) is 0 Å². The van der Waals surface area contributed by atoms with E-state index in [1.807, 2.05) is 56.4 Å². The Labute approximate surface area is 261 Å². The Morgan fingerprint density at radius 2 is 1.02 bits per heavy atom. The standard InChI is InChI=1S/C40H52O3/c1-30(18-12-20-32(3)21-13-22-33(4)24-15-25-36(7)39(42)43)16-10-11-17-31(2)19-14-23-34(5)26-28-37-35(6)27-29-38(41)40(37,8)9/h10-26,28,38,41H,27,29H2,1-9H3,(H,42,43)/b11-10+,18-12+,19-14+,21-13+,24-15+,28-26+,30-16+,31-17+,32-20+,33-22+,34-23+,36-25+. The highest BCUT2D eigenvalue weighted by molar-refractivity contribution is 5.86. The van der Waals surface area contributed by atoms with Gasteiger partial charge in [-0.2, -0.15) is 0 Å². The molecule has 0 heterocycles. The Kier molecular flexibility index (Phi) is 16.6. The first-order valence-electron chi connectivity index (χ1n) is 15.0. The molecule has 230 valence electrons. The summed E-state index contributed by atoms with van der Waals surface area (Å²) in [6.45, 7) is 18.3. The number of carbonyl (C=O) groups is 1. The number of carboxylic acids is 1. The summed E-state index contributed by atoms with van der Waals surface area (Å²) in [6, 6.07) is 0. The molecule has 1 aliphatic carbocycles. The maximum atomic E-state index is 10.8. The van der Waals surface area contributed by atoms with Crippen LogP contribution in [-0.2, 0) is 4.79 Å². The topological polar surface area (TPSA) is 57.5 Å². The zero-order valence-corrected chi connectivity index (χ0v) is 27.7. The number of hydrogen-bond acceptors (Lipinski definition) is 2. The minimum Gasteiger partial charge on any atom is -0.478 e. The van der Waals surface area contributed by atoms with Crippen LogP contribution in [0.3, 0.4) is 0 Å². The Morgan fingerprint density at radius 3 is 1.44 bits per heavy atom. The molecule has 3 heteroatoms. The van der Waals surface area contributed by atoms with Crippen molar-refractivity contribution in [3.05, 3.63) is 154 Å². The van der Waals surface area contributed by atoms with Crippen molar-refractivity contribution in [3.8, 4) is 0 Å². The number of carboxylic acid groups (broad SMARTS) is 1. The van der Waals surface area contributed by atoms with Crippen molar-refractivity contribution < 1.29 is 15.0 Å². The molecule has 2 N–H and O–H groups in total. The van der Waals surface area contributed by atoms with Crippen LogP contribution < -0.4 is 0 Å². The largest absolute Gasteiger partial charge is 0.478 e. The lowest BCUT2D eigenvalue weighted by atomic mass is 9.70. The van der Waals surface area contributed by atoms with Gasteiger partial charge in [-0.25, -0.2) is 4.79 Å². The van der Waals surface area contributed by atoms with Crippen LogP contribution in [0.15, 0.2) is 154 Å². The number of aliphatic hydroxyl groups is 1. The molecule has 0 aromatic rings. The Bertz CT molecular complexity index is 1370. The van der Waals surface area contributed by atoms with Gasteiger partial charge in [0.2, 0.25) is 0 Å². The molecule has 0 aromatic heterocycles. The van der Waals surface area contributed by atoms with E-state index < -0.39 is 5.97 Å². The van der Waals surface area contributed by atoms with Crippen molar-refractivity contribution in [1.82, 2.24) is 0 Å². The van der Waals surface area contributed by atoms with Gasteiger partial charge < -0.3 is 10.2 Å². The molecule has 43 heavy (non-hydrogen) atoms. The fourth-order valence-electron chi connectivity index (χ4n) is 4.31. The molecule has 0 saturated carbocycles. The summed E-state index contributed by atoms with van der Waals surface area (Å²) >= 11 is 0. The molecule has 1 unspecified atom stereocenters. The number of rotatable bonds is 13. The van der Waals surface area contributed by atoms with Crippen molar-refractivity contribution in [2.45, 2.75) is 81.3 Å². The third kappa shape index (κ3) is 15.2. The van der Waals surface area contributed by atoms with Crippen LogP contribution in [0, 0.1) is 5.41 Å². The van der Waals surface area contributed by atoms with Crippen molar-refractivity contribution in [2.75, 3.05) is 0 Å². The van der Waals surface area contributed by atoms with Crippen LogP contribution in [0.1, 0.15) is 75.2 Å². The zero-order chi connectivity index (χ0) is 32.4. The first-order valence-corrected chi connectivity index (χ1v) is 15.0. The second-order valence-electron chi connectivity index (χ2n) is 11.8. The highest BCUT2D eigenvalue weighted by atomic mass is 16.4. The molecular weight excluding hydrogens is 528 g/mol. The Morgan fingerprint density at radius 1 is 0.651 bits per heavy atom. The second kappa shape index (κ2) is 19.3. The van der Waals surface area contributed by atoms with Gasteiger partial charge in [0.15, 0.2) is 0 Å². The lowest BCUT2D eigenvalue weighted by molar-refractivity contribution is -0.132. The van der Waals surface area contributed by atoms with E-state index in [0.717, 1.165) is 35.1 Å². The first-order chi connectivity index (χ1) is 20.2. The van der Waals surface area contributed by atoms with Crippen LogP contribution >= 0.6 is 0 Å². The fraction of sp³-hybridized carbons (Fsp3) is 0.325. The molecule has 0 aromatic carbocycles. The molecule has 0 bridgehead atoms. The van der Waals surface area contributed by atoms with E-state index in [2.05, 4.69) is 96.2 Å². The lowest BCUT2D eigenvalue weighted by Crippen LogP contribution is -2.34. The summed E-state index contributed by atoms with van der Waals surface area (Å²) in [5.41, 5.74) is 8.36. The van der Waals surface area contributed by atoms with Crippen molar-refractivity contribution in [2.24, 2.45) is 5.41 Å². The quantitative estimate of drug-likeness (QED) is 0.168. The molecular formula is C40H52O3. The summed E-state index contributed by atoms with van der Waals surface area (Å²) in [7, 11) is 0. The minimum absolute atomic E-state index is 0.211. The molecule has 0 fully saturated rings. The van der Waals surface area contributed by atoms with Crippen LogP contribution in [0.2, 0.25) is 0 Å². The summed E-state index contributed by atoms with van der Waals surface area (Å²) < 4.78 is 0. The van der Waals surface area contributed by atoms with Crippen LogP contribution in [-0.4, -0.2) is 22.3 Å². The summed E-state index contributed by atoms with van der Waals surface area (Å²) in [5, 5.41) is 19.3. The molecule has 1 atom stereocenters. The van der Waals surface area contributed by atoms with Gasteiger partial charge >= 0.3 is 5.97 Å². The SMILES string of the molecule is CC1=C(/C=C/C(C)=C/C=C/C(C)=C/C=C/C=C(C)/C=C/C=C(C)/C=C/C=C(C)/C=C/C=C(\C)C(=O)O)C(C)(C)C(O)CC1. The van der Waals surface area contributed by atoms with E-state index in [1.54, 1.807) is 19.1 Å². The normalized spacial score (nSPS) is 20.5. The van der Waals surface area contributed by atoms with Gasteiger partial charge in [0.25, 0.3) is 0 Å². The molecule has 0 spiro atoms. The van der Waals surface area contributed by atoms with Crippen LogP contribution in [0.25, 0.3) is 0 Å². The van der Waals surface area contributed by atoms with Crippen molar-refractivity contribution in [1.29, 1.82) is 0 Å². The van der Waals surface area contributed by atoms with Crippen LogP contribution in [0.5, 0.6) is 0 Å². The van der Waals surface area contributed by atoms with Gasteiger partial charge in [-0.1, -0.05) is 157 Å². The van der Waals surface area contributed by atoms with Gasteiger partial charge in [0.05, 0.1) is 6.10 Å². The Hall–Kier alpha value is -3.95. The lowest BCUT2D eigenvalue weighted by Gasteiger charge is -2.37. The van der Waals surface area contributed by atoms with Gasteiger partial charge in [0, 0.05) is 11.0 Å². The molecule has 0 saturated heterocycles. The van der Waals surface area contributed by atoms with Gasteiger partial charge in [-0.05, 0) is 66.9 Å². The van der Waals surface area contributed by atoms with E-state index >= 15 is 0 Å². The zero-order valence-electron chi connectivity index (χ0n) is 27.7. The summed E-state index contributed by atoms with van der Waals surface area (Å²) in [4.78, 5) is 10.8. The fourth-order valence-corrected chi connectivity index (χ4v) is 4.31. The van der Waals surface area contributed by atoms with Crippen molar-refractivity contribution >= 4 is 5.97 Å². The third-order valence-electron chi connectivity index (χ3n) is 7.32. The van der Waals surface area contributed by atoms with Crippen LogP contribution in [0.4, 0.5) is 0 Å². The first kappa shape index (κ1) is 37.1. The maximum absolute atomic E-state index is 10.8. The minimum atomic E-state index is -0.907. The third-order valence-corrected chi connectivity index (χ3v) is 7.32. The average Bonchev–Trinajstić information content (AvgIpc) is 2.93. The number of aliphatic carboxylic acids is 1. The van der Waals surface area contributed by atoms with E-state index in [-0.39, 0.29) is 11.5 Å². The van der Waals surface area contributed by atoms with Gasteiger partial charge in [0.1, 0.15) is 0 Å². The maximum Gasteiger partial charge on any atom is 0.331 e. The average molecular weight is 581 g/mol. The van der Waals surface area contributed by atoms with E-state index in [1.165, 1.54) is 16.7 Å². The smallest absolute Gasteiger partial charge is 0.331 e. The monoisotopic (exact) mass is 580 g/mol. The predicted molar refractivity (Wildman–Crippen MR) is 187 cm³/mol. The molecule has 0 radical (unpaired) electrons. The number of allylic oxidation sites excluding steroid dienone is 24. The second-order valence-corrected chi connectivity index (χ2v) is 11.8. The number of aliphatic hydroxyl groups excluding tert-OH is 1. The molecule has 1 aliphatic rings. The highest BCUT2D eigenvalue weighted by Crippen LogP contribution is 2.41. The van der Waals surface area contributed by atoms with Crippen molar-refractivity contribution in [3.63, 3.8) is 0 Å². The Balaban J connectivity index is 2.64. The molecule has 0 amide bonds. The van der Waals surface area contributed by atoms with E-state index in [0.29, 0.717) is 5.57 Å². The summed E-state index contributed by atoms with van der Waals surface area (Å²) in [5.74, 6) is -0.907. The summed E-state index contributed by atoms with van der Waals surface area (Å²) in [6.07, 6.45) is 37.8. The van der Waals surface area contributed by atoms with E-state index in [4.69, 9.17) is 5.11 Å².